The van der Waals surface area contributed by atoms with Gasteiger partial charge in [0, 0.05) is 33.1 Å². The van der Waals surface area contributed by atoms with Crippen LogP contribution in [0.2, 0.25) is 0 Å². The molecule has 1 N–H and O–H groups in total. The van der Waals surface area contributed by atoms with Gasteiger partial charge in [-0.1, -0.05) is 13.3 Å². The van der Waals surface area contributed by atoms with Crippen molar-refractivity contribution < 1.29 is 22.7 Å². The Morgan fingerprint density at radius 2 is 1.96 bits per heavy atom. The Morgan fingerprint density at radius 3 is 2.59 bits per heavy atom. The van der Waals surface area contributed by atoms with E-state index >= 15 is 0 Å². The molecule has 9 heteroatoms. The molecule has 2 amide bonds. The first kappa shape index (κ1) is 19.6. The van der Waals surface area contributed by atoms with Gasteiger partial charge in [0.15, 0.2) is 6.10 Å². The highest BCUT2D eigenvalue weighted by molar-refractivity contribution is 7.89. The van der Waals surface area contributed by atoms with Gasteiger partial charge < -0.3 is 15.0 Å². The monoisotopic (exact) mass is 395 g/mol. The van der Waals surface area contributed by atoms with Crippen molar-refractivity contribution in [3.63, 3.8) is 0 Å². The number of rotatable bonds is 5. The highest BCUT2D eigenvalue weighted by atomic mass is 32.2. The molecule has 2 aliphatic rings. The molecule has 0 unspecified atom stereocenters. The average molecular weight is 395 g/mol. The van der Waals surface area contributed by atoms with Gasteiger partial charge in [0.1, 0.15) is 5.75 Å². The number of unbranched alkanes of at least 4 members (excludes halogenated alkanes) is 1. The van der Waals surface area contributed by atoms with Crippen LogP contribution in [0.3, 0.4) is 0 Å². The number of amides is 2. The molecule has 0 bridgehead atoms. The van der Waals surface area contributed by atoms with Crippen molar-refractivity contribution in [2.75, 3.05) is 31.5 Å². The lowest BCUT2D eigenvalue weighted by Gasteiger charge is -2.33. The van der Waals surface area contributed by atoms with Gasteiger partial charge in [-0.05, 0) is 31.0 Å². The fraction of sp³-hybridized carbons (Fsp3) is 0.556. The van der Waals surface area contributed by atoms with E-state index in [0.717, 1.165) is 12.8 Å². The number of carbonyl (C=O) groups excluding carboxylic acids is 2. The number of nitrogens with zero attached hydrogens (tertiary/aromatic N) is 2. The van der Waals surface area contributed by atoms with Crippen LogP contribution in [-0.4, -0.2) is 61.7 Å². The molecular weight excluding hydrogens is 370 g/mol. The van der Waals surface area contributed by atoms with Crippen molar-refractivity contribution in [1.82, 2.24) is 9.21 Å². The third kappa shape index (κ3) is 4.08. The maximum Gasteiger partial charge on any atom is 0.265 e. The molecule has 1 atom stereocenters. The van der Waals surface area contributed by atoms with Crippen LogP contribution in [0.1, 0.15) is 33.1 Å². The minimum Gasteiger partial charge on any atom is -0.478 e. The van der Waals surface area contributed by atoms with Crippen molar-refractivity contribution in [2.24, 2.45) is 0 Å². The quantitative estimate of drug-likeness (QED) is 0.814. The molecule has 0 radical (unpaired) electrons. The third-order valence-corrected chi connectivity index (χ3v) is 6.81. The van der Waals surface area contributed by atoms with E-state index in [0.29, 0.717) is 30.9 Å². The van der Waals surface area contributed by atoms with E-state index in [2.05, 4.69) is 5.32 Å². The van der Waals surface area contributed by atoms with Gasteiger partial charge in [0.05, 0.1) is 10.6 Å². The fourth-order valence-corrected chi connectivity index (χ4v) is 4.71. The summed E-state index contributed by atoms with van der Waals surface area (Å²) < 4.78 is 32.9. The molecule has 0 saturated carbocycles. The van der Waals surface area contributed by atoms with E-state index in [1.54, 1.807) is 11.0 Å². The molecule has 1 aromatic rings. The number of nitrogens with one attached hydrogen (secondary N) is 1. The lowest BCUT2D eigenvalue weighted by Crippen LogP contribution is -2.49. The molecular formula is C18H25N3O5S. The van der Waals surface area contributed by atoms with E-state index in [4.69, 9.17) is 4.74 Å². The largest absolute Gasteiger partial charge is 0.478 e. The van der Waals surface area contributed by atoms with Crippen molar-refractivity contribution in [1.29, 1.82) is 0 Å². The van der Waals surface area contributed by atoms with Gasteiger partial charge in [-0.3, -0.25) is 9.59 Å². The number of fused-ring (bicyclic) bond motifs is 1. The molecule has 2 aliphatic heterocycles. The molecule has 2 heterocycles. The lowest BCUT2D eigenvalue weighted by atomic mass is 10.1. The SMILES string of the molecule is CCCC[C@@H]1Oc2ccc(S(=O)(=O)N3CCN(C(C)=O)CC3)cc2NC1=O. The fourth-order valence-electron chi connectivity index (χ4n) is 3.26. The summed E-state index contributed by atoms with van der Waals surface area (Å²) in [7, 11) is -3.70. The Morgan fingerprint density at radius 1 is 1.26 bits per heavy atom. The lowest BCUT2D eigenvalue weighted by molar-refractivity contribution is -0.130. The molecule has 148 valence electrons. The van der Waals surface area contributed by atoms with Crippen molar-refractivity contribution >= 4 is 27.5 Å². The van der Waals surface area contributed by atoms with Crippen molar-refractivity contribution in [3.8, 4) is 5.75 Å². The van der Waals surface area contributed by atoms with E-state index in [1.165, 1.54) is 23.4 Å². The highest BCUT2D eigenvalue weighted by Crippen LogP contribution is 2.33. The summed E-state index contributed by atoms with van der Waals surface area (Å²) in [6, 6.07) is 4.53. The number of hydrogen-bond donors (Lipinski definition) is 1. The van der Waals surface area contributed by atoms with Gasteiger partial charge in [-0.2, -0.15) is 4.31 Å². The van der Waals surface area contributed by atoms with Gasteiger partial charge in [0.25, 0.3) is 5.91 Å². The van der Waals surface area contributed by atoms with Gasteiger partial charge in [0.2, 0.25) is 15.9 Å². The zero-order chi connectivity index (χ0) is 19.6. The molecule has 0 spiro atoms. The minimum absolute atomic E-state index is 0.0571. The molecule has 8 nitrogen and oxygen atoms in total. The second-order valence-corrected chi connectivity index (χ2v) is 8.74. The van der Waals surface area contributed by atoms with Crippen LogP contribution >= 0.6 is 0 Å². The van der Waals surface area contributed by atoms with Crippen LogP contribution in [0, 0.1) is 0 Å². The summed E-state index contributed by atoms with van der Waals surface area (Å²) in [5.74, 6) is 0.176. The summed E-state index contributed by atoms with van der Waals surface area (Å²) in [5.41, 5.74) is 0.371. The number of sulfonamides is 1. The Bertz CT molecular complexity index is 831. The first-order valence-corrected chi connectivity index (χ1v) is 10.6. The zero-order valence-corrected chi connectivity index (χ0v) is 16.4. The number of benzene rings is 1. The molecule has 1 fully saturated rings. The summed E-state index contributed by atoms with van der Waals surface area (Å²) in [6.45, 7) is 4.77. The smallest absolute Gasteiger partial charge is 0.265 e. The van der Waals surface area contributed by atoms with Gasteiger partial charge >= 0.3 is 0 Å². The van der Waals surface area contributed by atoms with Crippen LogP contribution in [0.25, 0.3) is 0 Å². The maximum absolute atomic E-state index is 12.9. The third-order valence-electron chi connectivity index (χ3n) is 4.91. The van der Waals surface area contributed by atoms with Crippen molar-refractivity contribution in [3.05, 3.63) is 18.2 Å². The molecule has 27 heavy (non-hydrogen) atoms. The summed E-state index contributed by atoms with van der Waals surface area (Å²) >= 11 is 0. The minimum atomic E-state index is -3.70. The highest BCUT2D eigenvalue weighted by Gasteiger charge is 2.32. The summed E-state index contributed by atoms with van der Waals surface area (Å²) in [4.78, 5) is 25.3. The number of piperazine rings is 1. The standard InChI is InChI=1S/C18H25N3O5S/c1-3-4-5-17-18(23)19-15-12-14(6-7-16(15)26-17)27(24,25)21-10-8-20(9-11-21)13(2)22/h6-7,12,17H,3-5,8-11H2,1-2H3,(H,19,23)/t17-/m0/s1. The Kier molecular flexibility index (Phi) is 5.71. The second kappa shape index (κ2) is 7.85. The molecule has 1 aromatic carbocycles. The second-order valence-electron chi connectivity index (χ2n) is 6.81. The van der Waals surface area contributed by atoms with Gasteiger partial charge in [-0.15, -0.1) is 0 Å². The first-order chi connectivity index (χ1) is 12.8. The number of anilines is 1. The number of hydrogen-bond acceptors (Lipinski definition) is 5. The predicted octanol–water partition coefficient (Wildman–Crippen LogP) is 1.43. The topological polar surface area (TPSA) is 96.0 Å². The molecule has 0 aromatic heterocycles. The van der Waals surface area contributed by atoms with Gasteiger partial charge in [-0.25, -0.2) is 8.42 Å². The Balaban J connectivity index is 1.76. The molecule has 0 aliphatic carbocycles. The summed E-state index contributed by atoms with van der Waals surface area (Å²) in [5, 5.41) is 2.76. The van der Waals surface area contributed by atoms with E-state index < -0.39 is 16.1 Å². The predicted molar refractivity (Wildman–Crippen MR) is 100 cm³/mol. The normalized spacial score (nSPS) is 20.6. The van der Waals surface area contributed by atoms with E-state index in [1.807, 2.05) is 6.92 Å². The summed E-state index contributed by atoms with van der Waals surface area (Å²) in [6.07, 6.45) is 1.93. The first-order valence-electron chi connectivity index (χ1n) is 9.20. The van der Waals surface area contributed by atoms with Crippen LogP contribution in [0.15, 0.2) is 23.1 Å². The molecule has 3 rings (SSSR count). The van der Waals surface area contributed by atoms with Crippen molar-refractivity contribution in [2.45, 2.75) is 44.1 Å². The zero-order valence-electron chi connectivity index (χ0n) is 15.6. The number of ether oxygens (including phenoxy) is 1. The average Bonchev–Trinajstić information content (AvgIpc) is 2.66. The van der Waals surface area contributed by atoms with Crippen LogP contribution in [0.4, 0.5) is 5.69 Å². The number of carbonyl (C=O) groups is 2. The van der Waals surface area contributed by atoms with E-state index in [9.17, 15) is 18.0 Å². The molecule has 1 saturated heterocycles. The van der Waals surface area contributed by atoms with Crippen LogP contribution < -0.4 is 10.1 Å². The van der Waals surface area contributed by atoms with Crippen LogP contribution in [-0.2, 0) is 19.6 Å². The van der Waals surface area contributed by atoms with E-state index in [-0.39, 0.29) is 29.8 Å². The van der Waals surface area contributed by atoms with Crippen LogP contribution in [0.5, 0.6) is 5.75 Å². The Hall–Kier alpha value is -2.13. The Labute approximate surface area is 159 Å². The maximum atomic E-state index is 12.9.